The van der Waals surface area contributed by atoms with Crippen LogP contribution in [0.3, 0.4) is 0 Å². The zero-order valence-electron chi connectivity index (χ0n) is 17.0. The molecule has 0 unspecified atom stereocenters. The molecule has 2 atom stereocenters. The van der Waals surface area contributed by atoms with Crippen LogP contribution in [0.1, 0.15) is 60.8 Å². The summed E-state index contributed by atoms with van der Waals surface area (Å²) in [5.74, 6) is -0.205. The van der Waals surface area contributed by atoms with Gasteiger partial charge in [-0.3, -0.25) is 4.98 Å². The van der Waals surface area contributed by atoms with Gasteiger partial charge in [-0.05, 0) is 80.0 Å². The number of aromatic nitrogens is 2. The fourth-order valence-corrected chi connectivity index (χ4v) is 5.23. The van der Waals surface area contributed by atoms with Gasteiger partial charge in [-0.1, -0.05) is 18.9 Å². The molecule has 0 amide bonds. The normalized spacial score (nSPS) is 21.9. The molecule has 30 heavy (non-hydrogen) atoms. The van der Waals surface area contributed by atoms with Gasteiger partial charge < -0.3 is 14.8 Å². The molecule has 154 valence electrons. The maximum atomic E-state index is 14.0. The van der Waals surface area contributed by atoms with Gasteiger partial charge in [-0.15, -0.1) is 0 Å². The van der Waals surface area contributed by atoms with E-state index in [0.29, 0.717) is 16.7 Å². The average molecular weight is 421 g/mol. The van der Waals surface area contributed by atoms with Crippen molar-refractivity contribution in [2.75, 3.05) is 4.90 Å². The molecule has 2 fully saturated rings. The number of hydrogen-bond acceptors (Lipinski definition) is 2. The first-order valence-electron chi connectivity index (χ1n) is 10.6. The molecule has 1 aliphatic heterocycles. The van der Waals surface area contributed by atoms with Gasteiger partial charge in [0.2, 0.25) is 0 Å². The quantitative estimate of drug-likeness (QED) is 0.555. The smallest absolute Gasteiger partial charge is 0.174 e. The molecule has 3 aromatic rings. The van der Waals surface area contributed by atoms with Crippen molar-refractivity contribution in [3.05, 3.63) is 83.7 Å². The first-order chi connectivity index (χ1) is 14.6. The van der Waals surface area contributed by atoms with Crippen LogP contribution in [0.2, 0.25) is 0 Å². The monoisotopic (exact) mass is 420 g/mol. The van der Waals surface area contributed by atoms with E-state index in [4.69, 9.17) is 12.2 Å². The summed E-state index contributed by atoms with van der Waals surface area (Å²) < 4.78 is 16.4. The van der Waals surface area contributed by atoms with Gasteiger partial charge in [0.15, 0.2) is 5.11 Å². The fraction of sp³-hybridized carbons (Fsp3) is 0.333. The first-order valence-corrected chi connectivity index (χ1v) is 11.0. The van der Waals surface area contributed by atoms with Crippen molar-refractivity contribution >= 4 is 23.0 Å². The largest absolute Gasteiger partial charge is 0.351 e. The standard InChI is InChI=1S/C24H25FN4S/c1-16-15-18(11-12-19(16)25)29-23(21-10-6-14-28(21)17-7-2-3-8-17)22(27-24(29)30)20-9-4-5-13-26-20/h4-6,9-15,17,22-23H,2-3,7-8H2,1H3,(H,27,30)/t22-,23-/m1/s1. The summed E-state index contributed by atoms with van der Waals surface area (Å²) in [6.07, 6.45) is 8.96. The third-order valence-corrected chi connectivity index (χ3v) is 6.67. The molecule has 2 aromatic heterocycles. The molecule has 1 saturated heterocycles. The zero-order chi connectivity index (χ0) is 20.7. The van der Waals surface area contributed by atoms with Crippen molar-refractivity contribution in [3.8, 4) is 0 Å². The molecule has 1 saturated carbocycles. The summed E-state index contributed by atoms with van der Waals surface area (Å²) >= 11 is 5.79. The lowest BCUT2D eigenvalue weighted by atomic mass is 10.00. The minimum Gasteiger partial charge on any atom is -0.351 e. The Kier molecular flexibility index (Phi) is 5.03. The predicted molar refractivity (Wildman–Crippen MR) is 121 cm³/mol. The van der Waals surface area contributed by atoms with E-state index >= 15 is 0 Å². The SMILES string of the molecule is Cc1cc(N2C(=S)N[C@H](c3ccccn3)[C@H]2c2cccn2C2CCCC2)ccc1F. The number of thiocarbonyl (C=S) groups is 1. The number of hydrogen-bond donors (Lipinski definition) is 1. The van der Waals surface area contributed by atoms with Crippen LogP contribution in [0.25, 0.3) is 0 Å². The van der Waals surface area contributed by atoms with E-state index in [9.17, 15) is 4.39 Å². The molecule has 3 heterocycles. The van der Waals surface area contributed by atoms with Crippen LogP contribution >= 0.6 is 12.2 Å². The van der Waals surface area contributed by atoms with Gasteiger partial charge in [0.25, 0.3) is 0 Å². The van der Waals surface area contributed by atoms with Crippen LogP contribution in [0.15, 0.2) is 60.9 Å². The van der Waals surface area contributed by atoms with E-state index in [2.05, 4.69) is 38.1 Å². The number of halogens is 1. The lowest BCUT2D eigenvalue weighted by Crippen LogP contribution is -2.30. The van der Waals surface area contributed by atoms with Crippen molar-refractivity contribution in [1.82, 2.24) is 14.9 Å². The Morgan fingerprint density at radius 1 is 1.10 bits per heavy atom. The molecule has 2 aliphatic rings. The van der Waals surface area contributed by atoms with Crippen LogP contribution < -0.4 is 10.2 Å². The first kappa shape index (κ1) is 19.2. The maximum absolute atomic E-state index is 14.0. The second-order valence-electron chi connectivity index (χ2n) is 8.21. The van der Waals surface area contributed by atoms with Crippen LogP contribution in [-0.4, -0.2) is 14.7 Å². The predicted octanol–water partition coefficient (Wildman–Crippen LogP) is 5.62. The zero-order valence-corrected chi connectivity index (χ0v) is 17.8. The maximum Gasteiger partial charge on any atom is 0.174 e. The van der Waals surface area contributed by atoms with E-state index in [0.717, 1.165) is 11.4 Å². The Balaban J connectivity index is 1.63. The number of pyridine rings is 1. The molecular formula is C24H25FN4S. The van der Waals surface area contributed by atoms with E-state index in [1.54, 1.807) is 6.92 Å². The highest BCUT2D eigenvalue weighted by Gasteiger charge is 2.42. The molecule has 0 radical (unpaired) electrons. The number of rotatable bonds is 4. The Morgan fingerprint density at radius 2 is 1.93 bits per heavy atom. The minimum absolute atomic E-state index is 0.0622. The fourth-order valence-electron chi connectivity index (χ4n) is 4.88. The summed E-state index contributed by atoms with van der Waals surface area (Å²) in [6.45, 7) is 1.79. The highest BCUT2D eigenvalue weighted by Crippen LogP contribution is 2.43. The summed E-state index contributed by atoms with van der Waals surface area (Å²) in [5, 5.41) is 4.14. The molecular weight excluding hydrogens is 395 g/mol. The summed E-state index contributed by atoms with van der Waals surface area (Å²) in [5.41, 5.74) is 3.67. The summed E-state index contributed by atoms with van der Waals surface area (Å²) in [7, 11) is 0. The van der Waals surface area contributed by atoms with Crippen molar-refractivity contribution in [1.29, 1.82) is 0 Å². The van der Waals surface area contributed by atoms with Crippen molar-refractivity contribution in [2.24, 2.45) is 0 Å². The summed E-state index contributed by atoms with van der Waals surface area (Å²) in [6, 6.07) is 15.9. The molecule has 0 spiro atoms. The minimum atomic E-state index is -0.205. The Labute approximate surface area is 181 Å². The summed E-state index contributed by atoms with van der Waals surface area (Å²) in [4.78, 5) is 6.75. The number of benzene rings is 1. The number of nitrogens with zero attached hydrogens (tertiary/aromatic N) is 3. The van der Waals surface area contributed by atoms with Crippen LogP contribution in [-0.2, 0) is 0 Å². The van der Waals surface area contributed by atoms with Crippen molar-refractivity contribution in [3.63, 3.8) is 0 Å². The van der Waals surface area contributed by atoms with E-state index in [1.165, 1.54) is 37.4 Å². The van der Waals surface area contributed by atoms with Crippen LogP contribution in [0, 0.1) is 12.7 Å². The van der Waals surface area contributed by atoms with E-state index in [1.807, 2.05) is 36.5 Å². The van der Waals surface area contributed by atoms with Gasteiger partial charge >= 0.3 is 0 Å². The van der Waals surface area contributed by atoms with E-state index in [-0.39, 0.29) is 17.9 Å². The molecule has 6 heteroatoms. The van der Waals surface area contributed by atoms with Gasteiger partial charge in [-0.25, -0.2) is 4.39 Å². The molecule has 5 rings (SSSR count). The van der Waals surface area contributed by atoms with Gasteiger partial charge in [0.1, 0.15) is 11.9 Å². The Hall–Kier alpha value is -2.73. The molecule has 4 nitrogen and oxygen atoms in total. The van der Waals surface area contributed by atoms with Crippen molar-refractivity contribution in [2.45, 2.75) is 50.7 Å². The lowest BCUT2D eigenvalue weighted by Gasteiger charge is -2.30. The third-order valence-electron chi connectivity index (χ3n) is 6.35. The molecule has 1 N–H and O–H groups in total. The number of aryl methyl sites for hydroxylation is 1. The highest BCUT2D eigenvalue weighted by molar-refractivity contribution is 7.80. The second kappa shape index (κ2) is 7.84. The third kappa shape index (κ3) is 3.29. The highest BCUT2D eigenvalue weighted by atomic mass is 32.1. The Morgan fingerprint density at radius 3 is 2.67 bits per heavy atom. The second-order valence-corrected chi connectivity index (χ2v) is 8.60. The van der Waals surface area contributed by atoms with Crippen molar-refractivity contribution < 1.29 is 4.39 Å². The average Bonchev–Trinajstić information content (AvgIpc) is 3.49. The van der Waals surface area contributed by atoms with Gasteiger partial charge in [0, 0.05) is 29.8 Å². The van der Waals surface area contributed by atoms with Gasteiger partial charge in [0.05, 0.1) is 11.7 Å². The van der Waals surface area contributed by atoms with Crippen LogP contribution in [0.5, 0.6) is 0 Å². The van der Waals surface area contributed by atoms with Crippen LogP contribution in [0.4, 0.5) is 10.1 Å². The lowest BCUT2D eigenvalue weighted by molar-refractivity contribution is 0.461. The Bertz CT molecular complexity index is 1060. The number of anilines is 1. The molecule has 1 aromatic carbocycles. The topological polar surface area (TPSA) is 33.1 Å². The van der Waals surface area contributed by atoms with Gasteiger partial charge in [-0.2, -0.15) is 0 Å². The molecule has 0 bridgehead atoms. The molecule has 1 aliphatic carbocycles. The van der Waals surface area contributed by atoms with E-state index < -0.39 is 0 Å². The number of nitrogens with one attached hydrogen (secondary N) is 1.